The van der Waals surface area contributed by atoms with Crippen LogP contribution in [0.5, 0.6) is 0 Å². The molecule has 2 unspecified atom stereocenters. The van der Waals surface area contributed by atoms with Gasteiger partial charge in [0.2, 0.25) is 0 Å². The maximum Gasteiger partial charge on any atom is 0.169 e. The van der Waals surface area contributed by atoms with Gasteiger partial charge in [0.25, 0.3) is 0 Å². The lowest BCUT2D eigenvalue weighted by atomic mass is 10.0. The molecule has 33 heavy (non-hydrogen) atoms. The monoisotopic (exact) mass is 439 g/mol. The van der Waals surface area contributed by atoms with Crippen LogP contribution in [0.2, 0.25) is 0 Å². The molecule has 1 aromatic carbocycles. The average molecular weight is 440 g/mol. The zero-order valence-corrected chi connectivity index (χ0v) is 18.7. The van der Waals surface area contributed by atoms with Crippen molar-refractivity contribution in [3.05, 3.63) is 66.2 Å². The first kappa shape index (κ1) is 20.0. The number of anilines is 1. The molecule has 0 radical (unpaired) electrons. The number of carbonyl (C=O) groups is 1. The number of likely N-dealkylation sites (tertiary alicyclic amines) is 1. The van der Waals surface area contributed by atoms with Gasteiger partial charge in [-0.25, -0.2) is 4.98 Å². The molecule has 0 spiro atoms. The molecular formula is C25H25N7O. The Bertz CT molecular complexity index is 1360. The summed E-state index contributed by atoms with van der Waals surface area (Å²) in [5.74, 6) is 0.921. The van der Waals surface area contributed by atoms with Crippen LogP contribution in [0.1, 0.15) is 22.5 Å². The lowest BCUT2D eigenvalue weighted by Gasteiger charge is -2.32. The molecule has 0 amide bonds. The molecule has 2 aliphatic rings. The van der Waals surface area contributed by atoms with E-state index in [-0.39, 0.29) is 12.2 Å². The fourth-order valence-electron chi connectivity index (χ4n) is 5.09. The van der Waals surface area contributed by atoms with E-state index in [4.69, 9.17) is 0 Å². The molecule has 2 atom stereocenters. The van der Waals surface area contributed by atoms with Crippen LogP contribution in [0, 0.1) is 0 Å². The number of benzene rings is 1. The summed E-state index contributed by atoms with van der Waals surface area (Å²) in [6.07, 6.45) is 6.93. The van der Waals surface area contributed by atoms with Crippen molar-refractivity contribution in [2.45, 2.75) is 24.9 Å². The van der Waals surface area contributed by atoms with Crippen molar-refractivity contribution in [3.8, 4) is 11.1 Å². The largest absolute Gasteiger partial charge is 0.351 e. The summed E-state index contributed by atoms with van der Waals surface area (Å²) < 4.78 is 1.78. The van der Waals surface area contributed by atoms with Gasteiger partial charge in [0.15, 0.2) is 5.78 Å². The van der Waals surface area contributed by atoms with Gasteiger partial charge in [-0.1, -0.05) is 6.07 Å². The van der Waals surface area contributed by atoms with E-state index in [1.54, 1.807) is 16.9 Å². The summed E-state index contributed by atoms with van der Waals surface area (Å²) in [7, 11) is 4.08. The van der Waals surface area contributed by atoms with Crippen molar-refractivity contribution in [3.63, 3.8) is 0 Å². The number of likely N-dealkylation sites (N-methyl/N-ethyl adjacent to an activating group) is 1. The molecule has 3 aromatic heterocycles. The number of aromatic nitrogens is 5. The molecule has 4 aromatic rings. The Morgan fingerprint density at radius 1 is 1.03 bits per heavy atom. The highest BCUT2D eigenvalue weighted by atomic mass is 16.1. The van der Waals surface area contributed by atoms with Gasteiger partial charge in [0.05, 0.1) is 23.8 Å². The number of piperazine rings is 1. The Morgan fingerprint density at radius 2 is 1.94 bits per heavy atom. The van der Waals surface area contributed by atoms with Crippen molar-refractivity contribution in [2.75, 3.05) is 25.0 Å². The Morgan fingerprint density at radius 3 is 2.70 bits per heavy atom. The first-order chi connectivity index (χ1) is 16.0. The number of carbonyl (C=O) groups excluding carboxylic acids is 1. The Kier molecular flexibility index (Phi) is 4.69. The first-order valence-corrected chi connectivity index (χ1v) is 11.2. The zero-order valence-electron chi connectivity index (χ0n) is 18.7. The number of pyridine rings is 1. The minimum atomic E-state index is 0.0252. The quantitative estimate of drug-likeness (QED) is 0.442. The van der Waals surface area contributed by atoms with E-state index < -0.39 is 0 Å². The van der Waals surface area contributed by atoms with Crippen LogP contribution < -0.4 is 4.90 Å². The van der Waals surface area contributed by atoms with Crippen molar-refractivity contribution in [1.29, 1.82) is 0 Å². The highest BCUT2D eigenvalue weighted by molar-refractivity contribution is 5.98. The highest BCUT2D eigenvalue weighted by Gasteiger charge is 2.41. The summed E-state index contributed by atoms with van der Waals surface area (Å²) in [5.41, 5.74) is 4.24. The van der Waals surface area contributed by atoms with E-state index >= 15 is 0 Å². The van der Waals surface area contributed by atoms with Gasteiger partial charge in [-0.15, -0.1) is 0 Å². The van der Waals surface area contributed by atoms with Gasteiger partial charge in [0.1, 0.15) is 5.82 Å². The van der Waals surface area contributed by atoms with E-state index in [0.717, 1.165) is 40.9 Å². The Balaban J connectivity index is 1.23. The second-order valence-corrected chi connectivity index (χ2v) is 9.15. The average Bonchev–Trinajstić information content (AvgIpc) is 3.54. The van der Waals surface area contributed by atoms with Gasteiger partial charge in [-0.2, -0.15) is 15.3 Å². The number of aryl methyl sites for hydroxylation is 1. The Labute approximate surface area is 191 Å². The third-order valence-corrected chi connectivity index (χ3v) is 6.89. The summed E-state index contributed by atoms with van der Waals surface area (Å²) in [5, 5.41) is 13.8. The lowest BCUT2D eigenvalue weighted by Crippen LogP contribution is -2.44. The fourth-order valence-corrected chi connectivity index (χ4v) is 5.09. The van der Waals surface area contributed by atoms with Crippen LogP contribution in [-0.4, -0.2) is 67.9 Å². The number of ketones is 1. The molecule has 2 saturated heterocycles. The van der Waals surface area contributed by atoms with Crippen molar-refractivity contribution < 1.29 is 4.79 Å². The third-order valence-electron chi connectivity index (χ3n) is 6.89. The molecule has 0 saturated carbocycles. The Hall–Kier alpha value is -3.65. The minimum absolute atomic E-state index is 0.0252. The predicted molar refractivity (Wildman–Crippen MR) is 126 cm³/mol. The topological polar surface area (TPSA) is 80.0 Å². The zero-order chi connectivity index (χ0) is 22.5. The molecule has 8 nitrogen and oxygen atoms in total. The number of fused-ring (bicyclic) bond motifs is 3. The smallest absolute Gasteiger partial charge is 0.169 e. The molecule has 2 bridgehead atoms. The van der Waals surface area contributed by atoms with Crippen LogP contribution in [0.25, 0.3) is 22.0 Å². The van der Waals surface area contributed by atoms with E-state index in [9.17, 15) is 4.79 Å². The number of Topliss-reactive ketones (excluding diaryl/α,β-unsaturated/α-hetero) is 1. The number of nitrogens with zero attached hydrogens (tertiary/aromatic N) is 7. The van der Waals surface area contributed by atoms with E-state index in [1.807, 2.05) is 43.7 Å². The van der Waals surface area contributed by atoms with Crippen molar-refractivity contribution >= 4 is 22.5 Å². The maximum absolute atomic E-state index is 13.1. The lowest BCUT2D eigenvalue weighted by molar-refractivity contribution is 0.0991. The van der Waals surface area contributed by atoms with Gasteiger partial charge < -0.3 is 4.90 Å². The normalized spacial score (nSPS) is 20.1. The number of rotatable bonds is 5. The molecule has 8 heteroatoms. The van der Waals surface area contributed by atoms with Crippen LogP contribution in [0.4, 0.5) is 5.82 Å². The number of hydrogen-bond donors (Lipinski definition) is 0. The SMILES string of the molecule is CN1CC2CC1CN2c1cc(C(=O)Cc2cc3cc(-c4cnn(C)c4)ccc3nn2)ccn1. The molecular weight excluding hydrogens is 414 g/mol. The molecule has 2 fully saturated rings. The van der Waals surface area contributed by atoms with E-state index in [1.165, 1.54) is 6.42 Å². The maximum atomic E-state index is 13.1. The predicted octanol–water partition coefficient (Wildman–Crippen LogP) is 2.74. The summed E-state index contributed by atoms with van der Waals surface area (Å²) in [6.45, 7) is 2.03. The van der Waals surface area contributed by atoms with Crippen LogP contribution in [0.3, 0.4) is 0 Å². The number of hydrogen-bond acceptors (Lipinski definition) is 7. The standard InChI is InChI=1S/C25H25N7O/c1-30-14-22-11-21(30)15-32(22)25-9-17(5-6-26-25)24(33)10-20-8-18-7-16(3-4-23(18)29-28-20)19-12-27-31(2)13-19/h3-9,12-13,21-22H,10-11,14-15H2,1-2H3. The summed E-state index contributed by atoms with van der Waals surface area (Å²) in [6, 6.07) is 12.8. The minimum Gasteiger partial charge on any atom is -0.351 e. The second kappa shape index (κ2) is 7.74. The summed E-state index contributed by atoms with van der Waals surface area (Å²) in [4.78, 5) is 22.4. The van der Waals surface area contributed by atoms with Gasteiger partial charge >= 0.3 is 0 Å². The molecule has 0 N–H and O–H groups in total. The third kappa shape index (κ3) is 3.66. The highest BCUT2D eigenvalue weighted by Crippen LogP contribution is 2.33. The molecule has 6 rings (SSSR count). The van der Waals surface area contributed by atoms with E-state index in [0.29, 0.717) is 23.3 Å². The van der Waals surface area contributed by atoms with Gasteiger partial charge in [0, 0.05) is 61.1 Å². The van der Waals surface area contributed by atoms with Crippen molar-refractivity contribution in [2.24, 2.45) is 7.05 Å². The van der Waals surface area contributed by atoms with E-state index in [2.05, 4.69) is 43.2 Å². The molecule has 166 valence electrons. The summed E-state index contributed by atoms with van der Waals surface area (Å²) >= 11 is 0. The van der Waals surface area contributed by atoms with Crippen molar-refractivity contribution in [1.82, 2.24) is 29.9 Å². The molecule has 5 heterocycles. The van der Waals surface area contributed by atoms with Crippen LogP contribution in [-0.2, 0) is 13.5 Å². The molecule has 2 aliphatic heterocycles. The molecule has 0 aliphatic carbocycles. The van der Waals surface area contributed by atoms with Crippen LogP contribution >= 0.6 is 0 Å². The van der Waals surface area contributed by atoms with Gasteiger partial charge in [-0.05, 0) is 49.4 Å². The first-order valence-electron chi connectivity index (χ1n) is 11.2. The van der Waals surface area contributed by atoms with Crippen LogP contribution in [0.15, 0.2) is 55.0 Å². The fraction of sp³-hybridized carbons (Fsp3) is 0.320. The second-order valence-electron chi connectivity index (χ2n) is 9.15. The van der Waals surface area contributed by atoms with Gasteiger partial charge in [-0.3, -0.25) is 14.4 Å².